The summed E-state index contributed by atoms with van der Waals surface area (Å²) in [5.41, 5.74) is 0.169. The van der Waals surface area contributed by atoms with Crippen molar-refractivity contribution in [3.05, 3.63) is 84.4 Å². The van der Waals surface area contributed by atoms with Crippen molar-refractivity contribution >= 4 is 23.7 Å². The third kappa shape index (κ3) is 5.21. The highest BCUT2D eigenvalue weighted by Gasteiger charge is 2.36. The van der Waals surface area contributed by atoms with Gasteiger partial charge in [0.15, 0.2) is 0 Å². The summed E-state index contributed by atoms with van der Waals surface area (Å²) in [6.07, 6.45) is -0.443. The van der Waals surface area contributed by atoms with Gasteiger partial charge in [-0.05, 0) is 73.6 Å². The van der Waals surface area contributed by atoms with Gasteiger partial charge in [0.25, 0.3) is 5.91 Å². The third-order valence-electron chi connectivity index (χ3n) is 4.53. The SMILES string of the molecule is CNSc1ccc(C(=O)Nc2ccc(-n3nc(-c4cccnc4)cc3C(F)(F)F)cn2)cc1. The summed E-state index contributed by atoms with van der Waals surface area (Å²) >= 11 is 1.42. The lowest BCUT2D eigenvalue weighted by molar-refractivity contribution is -0.142. The number of amides is 1. The zero-order chi connectivity index (χ0) is 23.4. The van der Waals surface area contributed by atoms with Crippen LogP contribution >= 0.6 is 11.9 Å². The molecular weight excluding hydrogens is 453 g/mol. The van der Waals surface area contributed by atoms with E-state index in [1.807, 2.05) is 0 Å². The van der Waals surface area contributed by atoms with Crippen LogP contribution in [0.4, 0.5) is 19.0 Å². The zero-order valence-corrected chi connectivity index (χ0v) is 18.0. The molecule has 0 fully saturated rings. The summed E-state index contributed by atoms with van der Waals surface area (Å²) in [7, 11) is 1.79. The maximum Gasteiger partial charge on any atom is 0.433 e. The van der Waals surface area contributed by atoms with Gasteiger partial charge in [-0.3, -0.25) is 14.5 Å². The first-order valence-corrected chi connectivity index (χ1v) is 10.5. The summed E-state index contributed by atoms with van der Waals surface area (Å²) in [6.45, 7) is 0. The van der Waals surface area contributed by atoms with E-state index in [1.165, 1.54) is 42.7 Å². The molecule has 3 heterocycles. The molecule has 0 saturated heterocycles. The molecule has 0 radical (unpaired) electrons. The minimum atomic E-state index is -4.63. The second-order valence-corrected chi connectivity index (χ2v) is 7.84. The first kappa shape index (κ1) is 22.5. The number of carbonyl (C=O) groups excluding carboxylic acids is 1. The largest absolute Gasteiger partial charge is 0.433 e. The van der Waals surface area contributed by atoms with Crippen LogP contribution < -0.4 is 10.0 Å². The van der Waals surface area contributed by atoms with Gasteiger partial charge in [0.05, 0.1) is 17.6 Å². The normalized spacial score (nSPS) is 11.4. The van der Waals surface area contributed by atoms with Gasteiger partial charge in [0.1, 0.15) is 11.5 Å². The van der Waals surface area contributed by atoms with Crippen molar-refractivity contribution < 1.29 is 18.0 Å². The maximum absolute atomic E-state index is 13.6. The molecule has 0 spiro atoms. The van der Waals surface area contributed by atoms with E-state index in [0.29, 0.717) is 11.1 Å². The molecule has 168 valence electrons. The van der Waals surface area contributed by atoms with E-state index < -0.39 is 11.9 Å². The van der Waals surface area contributed by atoms with Crippen LogP contribution in [0.2, 0.25) is 0 Å². The summed E-state index contributed by atoms with van der Waals surface area (Å²) in [5.74, 6) is -0.184. The van der Waals surface area contributed by atoms with Crippen LogP contribution in [-0.4, -0.2) is 32.7 Å². The zero-order valence-electron chi connectivity index (χ0n) is 17.2. The molecule has 1 amide bonds. The highest BCUT2D eigenvalue weighted by atomic mass is 32.2. The molecule has 2 N–H and O–H groups in total. The second-order valence-electron chi connectivity index (χ2n) is 6.75. The van der Waals surface area contributed by atoms with Gasteiger partial charge in [-0.2, -0.15) is 18.3 Å². The minimum absolute atomic E-state index is 0.101. The number of nitrogens with zero attached hydrogens (tertiary/aromatic N) is 4. The van der Waals surface area contributed by atoms with Crippen LogP contribution in [0, 0.1) is 0 Å². The number of nitrogens with one attached hydrogen (secondary N) is 2. The summed E-state index contributed by atoms with van der Waals surface area (Å²) in [5, 5.41) is 6.73. The van der Waals surface area contributed by atoms with Gasteiger partial charge in [-0.1, -0.05) is 0 Å². The molecular formula is C22H17F3N6OS. The first-order chi connectivity index (χ1) is 15.8. The third-order valence-corrected chi connectivity index (χ3v) is 5.24. The van der Waals surface area contributed by atoms with Crippen LogP contribution in [0.1, 0.15) is 16.1 Å². The lowest BCUT2D eigenvalue weighted by Crippen LogP contribution is -2.15. The Hall–Kier alpha value is -3.70. The van der Waals surface area contributed by atoms with E-state index in [-0.39, 0.29) is 23.1 Å². The van der Waals surface area contributed by atoms with Gasteiger partial charge in [-0.15, -0.1) is 0 Å². The van der Waals surface area contributed by atoms with Gasteiger partial charge in [0, 0.05) is 28.4 Å². The Bertz CT molecular complexity index is 1240. The van der Waals surface area contributed by atoms with E-state index in [0.717, 1.165) is 15.6 Å². The monoisotopic (exact) mass is 470 g/mol. The van der Waals surface area contributed by atoms with Crippen LogP contribution in [0.5, 0.6) is 0 Å². The standard InChI is InChI=1S/C22H17F3N6OS/c1-26-33-17-7-4-14(5-8-17)21(32)29-20-9-6-16(13-28-20)31-19(22(23,24)25)11-18(30-31)15-3-2-10-27-12-15/h2-13,26H,1H3,(H,28,29,32). The lowest BCUT2D eigenvalue weighted by Gasteiger charge is -2.10. The van der Waals surface area contributed by atoms with Crippen molar-refractivity contribution in [1.82, 2.24) is 24.5 Å². The van der Waals surface area contributed by atoms with Crippen LogP contribution in [0.25, 0.3) is 16.9 Å². The molecule has 0 atom stereocenters. The van der Waals surface area contributed by atoms with E-state index >= 15 is 0 Å². The highest BCUT2D eigenvalue weighted by molar-refractivity contribution is 7.97. The molecule has 0 aliphatic carbocycles. The number of hydrogen-bond acceptors (Lipinski definition) is 6. The number of aromatic nitrogens is 4. The van der Waals surface area contributed by atoms with Gasteiger partial charge < -0.3 is 5.32 Å². The highest BCUT2D eigenvalue weighted by Crippen LogP contribution is 2.34. The van der Waals surface area contributed by atoms with Crippen molar-refractivity contribution in [2.75, 3.05) is 12.4 Å². The van der Waals surface area contributed by atoms with Gasteiger partial charge in [-0.25, -0.2) is 9.67 Å². The summed E-state index contributed by atoms with van der Waals surface area (Å²) in [4.78, 5) is 21.4. The Kier molecular flexibility index (Phi) is 6.43. The molecule has 1 aromatic carbocycles. The number of hydrogen-bond donors (Lipinski definition) is 2. The number of carbonyl (C=O) groups is 1. The van der Waals surface area contributed by atoms with Crippen LogP contribution in [0.3, 0.4) is 0 Å². The number of rotatable bonds is 6. The molecule has 33 heavy (non-hydrogen) atoms. The van der Waals surface area contributed by atoms with E-state index in [9.17, 15) is 18.0 Å². The Labute approximate surface area is 191 Å². The van der Waals surface area contributed by atoms with E-state index in [4.69, 9.17) is 0 Å². The van der Waals surface area contributed by atoms with Crippen molar-refractivity contribution in [1.29, 1.82) is 0 Å². The van der Waals surface area contributed by atoms with E-state index in [1.54, 1.807) is 43.4 Å². The Morgan fingerprint density at radius 1 is 1.06 bits per heavy atom. The molecule has 4 aromatic rings. The van der Waals surface area contributed by atoms with E-state index in [2.05, 4.69) is 25.1 Å². The molecule has 0 saturated carbocycles. The average Bonchev–Trinajstić information content (AvgIpc) is 3.27. The van der Waals surface area contributed by atoms with Gasteiger partial charge >= 0.3 is 6.18 Å². The average molecular weight is 470 g/mol. The predicted molar refractivity (Wildman–Crippen MR) is 119 cm³/mol. The molecule has 0 aliphatic rings. The number of benzene rings is 1. The number of halogens is 3. The van der Waals surface area contributed by atoms with Crippen LogP contribution in [0.15, 0.2) is 78.1 Å². The van der Waals surface area contributed by atoms with Gasteiger partial charge in [0.2, 0.25) is 0 Å². The van der Waals surface area contributed by atoms with Crippen molar-refractivity contribution in [3.8, 4) is 16.9 Å². The Balaban J connectivity index is 1.56. The number of pyridine rings is 2. The predicted octanol–water partition coefficient (Wildman–Crippen LogP) is 4.83. The second kappa shape index (κ2) is 9.43. The Morgan fingerprint density at radius 2 is 1.85 bits per heavy atom. The molecule has 0 unspecified atom stereocenters. The van der Waals surface area contributed by atoms with Crippen molar-refractivity contribution in [2.24, 2.45) is 0 Å². The quantitative estimate of drug-likeness (QED) is 0.393. The fourth-order valence-electron chi connectivity index (χ4n) is 3.00. The molecule has 0 bridgehead atoms. The van der Waals surface area contributed by atoms with Crippen molar-refractivity contribution in [3.63, 3.8) is 0 Å². The van der Waals surface area contributed by atoms with Crippen LogP contribution in [-0.2, 0) is 6.18 Å². The number of alkyl halides is 3. The summed E-state index contributed by atoms with van der Waals surface area (Å²) < 4.78 is 44.6. The maximum atomic E-state index is 13.6. The molecule has 11 heteroatoms. The first-order valence-electron chi connectivity index (χ1n) is 9.64. The lowest BCUT2D eigenvalue weighted by atomic mass is 10.2. The topological polar surface area (TPSA) is 84.7 Å². The Morgan fingerprint density at radius 3 is 2.45 bits per heavy atom. The minimum Gasteiger partial charge on any atom is -0.307 e. The molecule has 3 aromatic heterocycles. The van der Waals surface area contributed by atoms with Crippen molar-refractivity contribution in [2.45, 2.75) is 11.1 Å². The molecule has 4 rings (SSSR count). The molecule has 0 aliphatic heterocycles. The smallest absolute Gasteiger partial charge is 0.307 e. The molecule has 7 nitrogen and oxygen atoms in total. The fourth-order valence-corrected chi connectivity index (χ4v) is 3.51. The number of anilines is 1. The summed E-state index contributed by atoms with van der Waals surface area (Å²) in [6, 6.07) is 14.0. The fraction of sp³-hybridized carbons (Fsp3) is 0.0909.